The highest BCUT2D eigenvalue weighted by Gasteiger charge is 2.34. The summed E-state index contributed by atoms with van der Waals surface area (Å²) < 4.78 is 0. The zero-order chi connectivity index (χ0) is 11.5. The van der Waals surface area contributed by atoms with Gasteiger partial charge in [-0.15, -0.1) is 0 Å². The van der Waals surface area contributed by atoms with Crippen molar-refractivity contribution in [2.45, 2.75) is 6.42 Å². The van der Waals surface area contributed by atoms with Crippen molar-refractivity contribution in [1.29, 1.82) is 0 Å². The first kappa shape index (κ1) is 10.8. The van der Waals surface area contributed by atoms with E-state index in [0.29, 0.717) is 30.6 Å². The summed E-state index contributed by atoms with van der Waals surface area (Å²) in [5, 5.41) is 0. The van der Waals surface area contributed by atoms with Crippen LogP contribution >= 0.6 is 0 Å². The molecule has 84 valence electrons. The summed E-state index contributed by atoms with van der Waals surface area (Å²) in [6.07, 6.45) is 0.655. The fourth-order valence-electron chi connectivity index (χ4n) is 1.78. The van der Waals surface area contributed by atoms with Gasteiger partial charge in [0.2, 0.25) is 0 Å². The third-order valence-electron chi connectivity index (χ3n) is 2.58. The normalized spacial score (nSPS) is 14.4. The summed E-state index contributed by atoms with van der Waals surface area (Å²) in [5.74, 6) is 4.71. The van der Waals surface area contributed by atoms with Crippen molar-refractivity contribution in [1.82, 2.24) is 10.3 Å². The number of carbonyl (C=O) groups is 2. The molecule has 0 atom stereocenters. The summed E-state index contributed by atoms with van der Waals surface area (Å²) in [6, 6.07) is 6.87. The van der Waals surface area contributed by atoms with Crippen molar-refractivity contribution in [3.8, 4) is 0 Å². The zero-order valence-corrected chi connectivity index (χ0v) is 8.77. The number of hydrazine groups is 1. The lowest BCUT2D eigenvalue weighted by atomic mass is 10.1. The maximum Gasteiger partial charge on any atom is 0.261 e. The van der Waals surface area contributed by atoms with Gasteiger partial charge in [-0.05, 0) is 18.6 Å². The molecule has 0 aromatic heterocycles. The average molecular weight is 219 g/mol. The van der Waals surface area contributed by atoms with Crippen LogP contribution in [0.1, 0.15) is 27.1 Å². The number of rotatable bonds is 4. The van der Waals surface area contributed by atoms with Gasteiger partial charge in [-0.25, -0.2) is 0 Å². The van der Waals surface area contributed by atoms with Crippen LogP contribution in [-0.2, 0) is 0 Å². The molecule has 2 rings (SSSR count). The summed E-state index contributed by atoms with van der Waals surface area (Å²) in [6.45, 7) is 0.976. The minimum atomic E-state index is -0.211. The van der Waals surface area contributed by atoms with E-state index >= 15 is 0 Å². The van der Waals surface area contributed by atoms with Crippen LogP contribution in [0.4, 0.5) is 0 Å². The molecule has 1 aliphatic rings. The van der Waals surface area contributed by atoms with E-state index in [1.165, 1.54) is 4.90 Å². The topological polar surface area (TPSA) is 75.4 Å². The molecule has 0 saturated carbocycles. The number of benzene rings is 1. The molecule has 0 aliphatic carbocycles. The summed E-state index contributed by atoms with van der Waals surface area (Å²) >= 11 is 0. The van der Waals surface area contributed by atoms with Crippen molar-refractivity contribution in [2.24, 2.45) is 5.84 Å². The van der Waals surface area contributed by atoms with Crippen molar-refractivity contribution in [2.75, 3.05) is 13.1 Å². The van der Waals surface area contributed by atoms with Crippen molar-refractivity contribution < 1.29 is 9.59 Å². The fourth-order valence-corrected chi connectivity index (χ4v) is 1.78. The second-order valence-corrected chi connectivity index (χ2v) is 3.62. The number of carbonyl (C=O) groups excluding carboxylic acids is 2. The van der Waals surface area contributed by atoms with Gasteiger partial charge < -0.3 is 0 Å². The molecule has 0 spiro atoms. The highest BCUT2D eigenvalue weighted by atomic mass is 16.2. The van der Waals surface area contributed by atoms with E-state index in [2.05, 4.69) is 5.43 Å². The lowest BCUT2D eigenvalue weighted by Gasteiger charge is -2.12. The van der Waals surface area contributed by atoms with E-state index in [9.17, 15) is 9.59 Å². The summed E-state index contributed by atoms with van der Waals surface area (Å²) in [5.41, 5.74) is 3.48. The Labute approximate surface area is 93.2 Å². The average Bonchev–Trinajstić information content (AvgIpc) is 2.55. The molecule has 1 heterocycles. The standard InChI is InChI=1S/C11H13N3O2/c12-13-6-3-7-14-10(15)8-4-1-2-5-9(8)11(14)16/h1-2,4-5,13H,3,6-7,12H2. The molecule has 1 aromatic carbocycles. The van der Waals surface area contributed by atoms with Crippen LogP contribution in [-0.4, -0.2) is 29.8 Å². The van der Waals surface area contributed by atoms with Gasteiger partial charge in [0, 0.05) is 13.1 Å². The second-order valence-electron chi connectivity index (χ2n) is 3.62. The molecular formula is C11H13N3O2. The Bertz CT molecular complexity index is 396. The molecule has 2 amide bonds. The number of hydrogen-bond acceptors (Lipinski definition) is 4. The molecule has 16 heavy (non-hydrogen) atoms. The van der Waals surface area contributed by atoms with Gasteiger partial charge in [0.25, 0.3) is 11.8 Å². The minimum absolute atomic E-state index is 0.211. The van der Waals surface area contributed by atoms with E-state index in [4.69, 9.17) is 5.84 Å². The van der Waals surface area contributed by atoms with Gasteiger partial charge in [-0.1, -0.05) is 12.1 Å². The highest BCUT2D eigenvalue weighted by molar-refractivity contribution is 6.21. The predicted octanol–water partition coefficient (Wildman–Crippen LogP) is 0.136. The van der Waals surface area contributed by atoms with E-state index in [0.717, 1.165) is 0 Å². The second kappa shape index (κ2) is 4.42. The zero-order valence-electron chi connectivity index (χ0n) is 8.77. The quantitative estimate of drug-likeness (QED) is 0.327. The van der Waals surface area contributed by atoms with E-state index in [1.807, 2.05) is 0 Å². The first-order valence-corrected chi connectivity index (χ1v) is 5.14. The third-order valence-corrected chi connectivity index (χ3v) is 2.58. The molecule has 0 unspecified atom stereocenters. The van der Waals surface area contributed by atoms with Crippen LogP contribution in [0.2, 0.25) is 0 Å². The molecule has 5 heteroatoms. The van der Waals surface area contributed by atoms with Crippen LogP contribution < -0.4 is 11.3 Å². The minimum Gasteiger partial charge on any atom is -0.274 e. The Morgan fingerprint density at radius 2 is 1.69 bits per heavy atom. The SMILES string of the molecule is NNCCCN1C(=O)c2ccccc2C1=O. The highest BCUT2D eigenvalue weighted by Crippen LogP contribution is 2.22. The number of fused-ring (bicyclic) bond motifs is 1. The Kier molecular flexibility index (Phi) is 2.98. The summed E-state index contributed by atoms with van der Waals surface area (Å²) in [7, 11) is 0. The molecule has 1 aromatic rings. The maximum atomic E-state index is 11.9. The Morgan fingerprint density at radius 3 is 2.19 bits per heavy atom. The van der Waals surface area contributed by atoms with Gasteiger partial charge in [0.05, 0.1) is 11.1 Å². The largest absolute Gasteiger partial charge is 0.274 e. The van der Waals surface area contributed by atoms with E-state index in [1.54, 1.807) is 24.3 Å². The number of nitrogens with one attached hydrogen (secondary N) is 1. The molecule has 0 saturated heterocycles. The number of nitrogens with two attached hydrogens (primary N) is 1. The van der Waals surface area contributed by atoms with Gasteiger partial charge in [0.15, 0.2) is 0 Å². The molecule has 1 aliphatic heterocycles. The number of amides is 2. The molecule has 5 nitrogen and oxygen atoms in total. The lowest BCUT2D eigenvalue weighted by Crippen LogP contribution is -2.33. The Hall–Kier alpha value is -1.72. The maximum absolute atomic E-state index is 11.9. The Morgan fingerprint density at radius 1 is 1.12 bits per heavy atom. The number of hydrogen-bond donors (Lipinski definition) is 2. The van der Waals surface area contributed by atoms with Crippen LogP contribution in [0.5, 0.6) is 0 Å². The molecule has 0 bridgehead atoms. The summed E-state index contributed by atoms with van der Waals surface area (Å²) in [4.78, 5) is 25.0. The van der Waals surface area contributed by atoms with Crippen molar-refractivity contribution in [3.63, 3.8) is 0 Å². The van der Waals surface area contributed by atoms with Crippen LogP contribution in [0, 0.1) is 0 Å². The predicted molar refractivity (Wildman–Crippen MR) is 58.6 cm³/mol. The van der Waals surface area contributed by atoms with Crippen LogP contribution in [0.3, 0.4) is 0 Å². The van der Waals surface area contributed by atoms with Crippen LogP contribution in [0.15, 0.2) is 24.3 Å². The fraction of sp³-hybridized carbons (Fsp3) is 0.273. The number of imide groups is 1. The van der Waals surface area contributed by atoms with Crippen molar-refractivity contribution in [3.05, 3.63) is 35.4 Å². The van der Waals surface area contributed by atoms with Crippen molar-refractivity contribution >= 4 is 11.8 Å². The smallest absolute Gasteiger partial charge is 0.261 e. The van der Waals surface area contributed by atoms with Gasteiger partial charge in [0.1, 0.15) is 0 Å². The lowest BCUT2D eigenvalue weighted by molar-refractivity contribution is 0.0652. The third kappa shape index (κ3) is 1.70. The van der Waals surface area contributed by atoms with Crippen LogP contribution in [0.25, 0.3) is 0 Å². The molecule has 0 radical (unpaired) electrons. The van der Waals surface area contributed by atoms with E-state index in [-0.39, 0.29) is 11.8 Å². The molecular weight excluding hydrogens is 206 g/mol. The first-order chi connectivity index (χ1) is 7.75. The molecule has 3 N–H and O–H groups in total. The first-order valence-electron chi connectivity index (χ1n) is 5.14. The van der Waals surface area contributed by atoms with E-state index < -0.39 is 0 Å². The molecule has 0 fully saturated rings. The number of nitrogens with zero attached hydrogens (tertiary/aromatic N) is 1. The van der Waals surface area contributed by atoms with Gasteiger partial charge >= 0.3 is 0 Å². The van der Waals surface area contributed by atoms with Gasteiger partial charge in [-0.3, -0.25) is 25.8 Å². The van der Waals surface area contributed by atoms with Gasteiger partial charge in [-0.2, -0.15) is 0 Å². The monoisotopic (exact) mass is 219 g/mol. The Balaban J connectivity index is 2.15.